The van der Waals surface area contributed by atoms with Gasteiger partial charge in [0.15, 0.2) is 10.8 Å². The average molecular weight is 604 g/mol. The number of thioether (sulfide) groups is 2. The van der Waals surface area contributed by atoms with E-state index >= 15 is 0 Å². The van der Waals surface area contributed by atoms with E-state index < -0.39 is 29.2 Å². The molecule has 3 aliphatic rings. The van der Waals surface area contributed by atoms with Crippen LogP contribution in [0.3, 0.4) is 0 Å². The number of allylic oxidation sites excluding steroid dienone is 2. The van der Waals surface area contributed by atoms with E-state index in [4.69, 9.17) is 10.6 Å². The highest BCUT2D eigenvalue weighted by Gasteiger charge is 2.54. The van der Waals surface area contributed by atoms with Gasteiger partial charge in [0.05, 0.1) is 6.54 Å². The normalized spacial score (nSPS) is 22.5. The van der Waals surface area contributed by atoms with Crippen LogP contribution in [0.2, 0.25) is 0 Å². The Morgan fingerprint density at radius 1 is 1.43 bits per heavy atom. The monoisotopic (exact) mass is 603 g/mol. The van der Waals surface area contributed by atoms with Crippen molar-refractivity contribution in [2.24, 2.45) is 5.16 Å². The summed E-state index contributed by atoms with van der Waals surface area (Å²) in [5.74, 6) is -1.80. The van der Waals surface area contributed by atoms with Gasteiger partial charge in [-0.3, -0.25) is 14.5 Å². The van der Waals surface area contributed by atoms with E-state index in [9.17, 15) is 19.5 Å². The van der Waals surface area contributed by atoms with Crippen molar-refractivity contribution < 1.29 is 24.3 Å². The summed E-state index contributed by atoms with van der Waals surface area (Å²) >= 11 is 3.78. The first-order valence-corrected chi connectivity index (χ1v) is 15.1. The second-order valence-electron chi connectivity index (χ2n) is 8.85. The Morgan fingerprint density at radius 2 is 2.27 bits per heavy atom. The maximum atomic E-state index is 13.3. The molecule has 1 fully saturated rings. The van der Waals surface area contributed by atoms with Crippen molar-refractivity contribution in [2.45, 2.75) is 48.5 Å². The van der Waals surface area contributed by atoms with E-state index in [0.717, 1.165) is 30.6 Å². The molecule has 2 amide bonds. The summed E-state index contributed by atoms with van der Waals surface area (Å²) in [6, 6.07) is -0.947. The minimum atomic E-state index is -1.22. The molecule has 0 aromatic carbocycles. The van der Waals surface area contributed by atoms with Crippen LogP contribution in [0.5, 0.6) is 0 Å². The lowest BCUT2D eigenvalue weighted by Gasteiger charge is -2.49. The lowest BCUT2D eigenvalue weighted by molar-refractivity contribution is -0.150. The SMILES string of the molecule is C=CCn1nnnc1SCC1=C(C(=O)O)N2C(=O)C(NC(=O)C(=NOC3C=CCCC3)c3csc(N)n3)[C@H]2SC1. The van der Waals surface area contributed by atoms with E-state index in [0.29, 0.717) is 23.0 Å². The number of nitrogens with zero attached hydrogens (tertiary/aromatic N) is 7. The van der Waals surface area contributed by atoms with Crippen molar-refractivity contribution in [2.75, 3.05) is 17.2 Å². The highest BCUT2D eigenvalue weighted by molar-refractivity contribution is 8.01. The summed E-state index contributed by atoms with van der Waals surface area (Å²) in [4.78, 5) is 49.6. The number of amides is 2. The number of nitrogen functional groups attached to an aromatic ring is 1. The van der Waals surface area contributed by atoms with Gasteiger partial charge < -0.3 is 21.0 Å². The smallest absolute Gasteiger partial charge is 0.352 e. The van der Waals surface area contributed by atoms with Gasteiger partial charge in [0.1, 0.15) is 28.9 Å². The van der Waals surface area contributed by atoms with Gasteiger partial charge in [0, 0.05) is 16.9 Å². The number of aliphatic carboxylic acids is 1. The van der Waals surface area contributed by atoms with Crippen LogP contribution in [0, 0.1) is 0 Å². The fourth-order valence-electron chi connectivity index (χ4n) is 4.28. The fraction of sp³-hybridized carbons (Fsp3) is 0.391. The zero-order chi connectivity index (χ0) is 28.2. The summed E-state index contributed by atoms with van der Waals surface area (Å²) in [6.45, 7) is 4.08. The van der Waals surface area contributed by atoms with E-state index in [-0.39, 0.29) is 34.1 Å². The van der Waals surface area contributed by atoms with Crippen LogP contribution in [0.1, 0.15) is 25.0 Å². The number of nitrogens with one attached hydrogen (secondary N) is 1. The predicted molar refractivity (Wildman–Crippen MR) is 149 cm³/mol. The maximum Gasteiger partial charge on any atom is 0.352 e. The Bertz CT molecular complexity index is 1420. The molecule has 4 N–H and O–H groups in total. The van der Waals surface area contributed by atoms with Crippen molar-refractivity contribution in [1.82, 2.24) is 35.4 Å². The summed E-state index contributed by atoms with van der Waals surface area (Å²) in [6.07, 6.45) is 7.92. The van der Waals surface area contributed by atoms with Gasteiger partial charge in [-0.25, -0.2) is 14.5 Å². The molecule has 2 aromatic heterocycles. The molecular weight excluding hydrogens is 579 g/mol. The number of oxime groups is 1. The van der Waals surface area contributed by atoms with Crippen LogP contribution in [0.25, 0.3) is 0 Å². The zero-order valence-electron chi connectivity index (χ0n) is 21.0. The average Bonchev–Trinajstić information content (AvgIpc) is 3.59. The lowest BCUT2D eigenvalue weighted by Crippen LogP contribution is -2.71. The number of rotatable bonds is 11. The van der Waals surface area contributed by atoms with Crippen molar-refractivity contribution in [3.8, 4) is 0 Å². The first-order valence-electron chi connectivity index (χ1n) is 12.2. The van der Waals surface area contributed by atoms with Gasteiger partial charge in [0.25, 0.3) is 11.8 Å². The van der Waals surface area contributed by atoms with Gasteiger partial charge in [-0.1, -0.05) is 29.1 Å². The summed E-state index contributed by atoms with van der Waals surface area (Å²) < 4.78 is 1.54. The standard InChI is InChI=1S/C23H25N9O5S3/c1-2-8-31-23(27-29-30-31)40-10-12-9-38-20-16(19(34)32(20)17(12)21(35)36)26-18(33)15(14-11-39-22(24)25-14)28-37-13-6-4-3-5-7-13/h2,4,6,11,13,16,20H,1,3,5,7-10H2,(H2,24,25)(H,26,33)(H,35,36)/t13?,16?,20-/m1/s1. The highest BCUT2D eigenvalue weighted by Crippen LogP contribution is 2.41. The number of carboxylic acid groups (broad SMARTS) is 1. The third-order valence-electron chi connectivity index (χ3n) is 6.18. The summed E-state index contributed by atoms with van der Waals surface area (Å²) in [7, 11) is 0. The molecule has 3 atom stereocenters. The van der Waals surface area contributed by atoms with Crippen LogP contribution in [0.15, 0.2) is 51.8 Å². The molecule has 14 nitrogen and oxygen atoms in total. The Labute approximate surface area is 240 Å². The molecule has 210 valence electrons. The Balaban J connectivity index is 1.30. The second-order valence-corrected chi connectivity index (χ2v) is 11.8. The van der Waals surface area contributed by atoms with E-state index in [1.807, 2.05) is 12.2 Å². The molecule has 2 aliphatic heterocycles. The van der Waals surface area contributed by atoms with Crippen molar-refractivity contribution in [3.63, 3.8) is 0 Å². The number of aromatic nitrogens is 5. The number of carboxylic acids is 1. The minimum absolute atomic E-state index is 0.0944. The molecule has 1 aliphatic carbocycles. The summed E-state index contributed by atoms with van der Waals surface area (Å²) in [5, 5.41) is 30.0. The van der Waals surface area contributed by atoms with Crippen LogP contribution in [-0.2, 0) is 25.8 Å². The third-order valence-corrected chi connectivity index (χ3v) is 9.24. The second kappa shape index (κ2) is 12.2. The molecule has 5 rings (SSSR count). The van der Waals surface area contributed by atoms with Gasteiger partial charge >= 0.3 is 5.97 Å². The van der Waals surface area contributed by atoms with Gasteiger partial charge in [-0.15, -0.1) is 34.8 Å². The molecule has 17 heteroatoms. The number of anilines is 1. The van der Waals surface area contributed by atoms with Gasteiger partial charge in [0.2, 0.25) is 5.16 Å². The van der Waals surface area contributed by atoms with Crippen molar-refractivity contribution in [3.05, 3.63) is 47.2 Å². The van der Waals surface area contributed by atoms with E-state index in [2.05, 4.69) is 37.6 Å². The highest BCUT2D eigenvalue weighted by atomic mass is 32.2. The van der Waals surface area contributed by atoms with E-state index in [1.54, 1.807) is 16.1 Å². The number of nitrogens with two attached hydrogens (primary N) is 1. The molecule has 0 bridgehead atoms. The third kappa shape index (κ3) is 5.75. The molecule has 0 saturated carbocycles. The Morgan fingerprint density at radius 3 is 2.98 bits per heavy atom. The molecule has 2 unspecified atom stereocenters. The Hall–Kier alpha value is -3.70. The van der Waals surface area contributed by atoms with E-state index in [1.165, 1.54) is 28.4 Å². The number of hydrogen-bond acceptors (Lipinski definition) is 13. The van der Waals surface area contributed by atoms with Crippen LogP contribution in [0.4, 0.5) is 5.13 Å². The van der Waals surface area contributed by atoms with Gasteiger partial charge in [-0.2, -0.15) is 0 Å². The van der Waals surface area contributed by atoms with Crippen LogP contribution in [-0.4, -0.2) is 87.7 Å². The number of β-lactam (4-membered cyclic amide) rings is 1. The molecule has 0 spiro atoms. The molecule has 4 heterocycles. The van der Waals surface area contributed by atoms with Crippen molar-refractivity contribution in [1.29, 1.82) is 0 Å². The number of tetrazole rings is 1. The summed E-state index contributed by atoms with van der Waals surface area (Å²) in [5.41, 5.74) is 6.34. The number of fused-ring (bicyclic) bond motifs is 1. The quantitative estimate of drug-likeness (QED) is 0.110. The Kier molecular flexibility index (Phi) is 8.51. The van der Waals surface area contributed by atoms with Crippen LogP contribution < -0.4 is 11.1 Å². The zero-order valence-corrected chi connectivity index (χ0v) is 23.5. The fourth-order valence-corrected chi connectivity index (χ4v) is 7.20. The minimum Gasteiger partial charge on any atom is -0.477 e. The molecule has 40 heavy (non-hydrogen) atoms. The largest absolute Gasteiger partial charge is 0.477 e. The number of carbonyl (C=O) groups excluding carboxylic acids is 2. The van der Waals surface area contributed by atoms with Gasteiger partial charge in [-0.05, 0) is 41.3 Å². The van der Waals surface area contributed by atoms with Crippen molar-refractivity contribution >= 4 is 63.5 Å². The first-order chi connectivity index (χ1) is 19.4. The first kappa shape index (κ1) is 27.9. The maximum absolute atomic E-state index is 13.3. The molecular formula is C23H25N9O5S3. The lowest BCUT2D eigenvalue weighted by atomic mass is 10.0. The van der Waals surface area contributed by atoms with Crippen LogP contribution >= 0.6 is 34.9 Å². The number of thiazole rings is 1. The predicted octanol–water partition coefficient (Wildman–Crippen LogP) is 1.26. The number of carbonyl (C=O) groups is 3. The molecule has 1 saturated heterocycles. The number of hydrogen-bond donors (Lipinski definition) is 3. The molecule has 2 aromatic rings. The molecule has 0 radical (unpaired) electrons. The topological polar surface area (TPSA) is 191 Å².